The molecule has 88 valence electrons. The number of ether oxygens (including phenoxy) is 1. The van der Waals surface area contributed by atoms with Gasteiger partial charge in [0.1, 0.15) is 5.75 Å². The Labute approximate surface area is 115 Å². The molecule has 0 aromatic heterocycles. The van der Waals surface area contributed by atoms with Crippen LogP contribution >= 0.6 is 27.5 Å². The Balaban J connectivity index is 2.40. The van der Waals surface area contributed by atoms with Crippen LogP contribution in [0.3, 0.4) is 0 Å². The average Bonchev–Trinajstić information content (AvgIpc) is 2.39. The van der Waals surface area contributed by atoms with Crippen molar-refractivity contribution in [1.82, 2.24) is 0 Å². The van der Waals surface area contributed by atoms with Crippen molar-refractivity contribution in [3.63, 3.8) is 0 Å². The molecular formula is C14H12BrClO. The van der Waals surface area contributed by atoms with Gasteiger partial charge in [-0.2, -0.15) is 0 Å². The van der Waals surface area contributed by atoms with Gasteiger partial charge < -0.3 is 4.74 Å². The van der Waals surface area contributed by atoms with E-state index in [-0.39, 0.29) is 4.83 Å². The van der Waals surface area contributed by atoms with Crippen LogP contribution < -0.4 is 4.74 Å². The second-order valence-corrected chi connectivity index (χ2v) is 5.01. The molecule has 0 fully saturated rings. The first-order valence-electron chi connectivity index (χ1n) is 5.25. The molecule has 0 radical (unpaired) electrons. The van der Waals surface area contributed by atoms with E-state index in [0.717, 1.165) is 11.3 Å². The number of methoxy groups -OCH3 is 1. The van der Waals surface area contributed by atoms with E-state index in [9.17, 15) is 0 Å². The zero-order valence-corrected chi connectivity index (χ0v) is 11.7. The second-order valence-electron chi connectivity index (χ2n) is 3.66. The Morgan fingerprint density at radius 2 is 1.82 bits per heavy atom. The van der Waals surface area contributed by atoms with Gasteiger partial charge in [0.05, 0.1) is 11.9 Å². The lowest BCUT2D eigenvalue weighted by atomic mass is 10.0. The highest BCUT2D eigenvalue weighted by Gasteiger charge is 2.14. The van der Waals surface area contributed by atoms with Crippen LogP contribution in [-0.2, 0) is 0 Å². The molecule has 2 aromatic rings. The highest BCUT2D eigenvalue weighted by molar-refractivity contribution is 9.09. The number of rotatable bonds is 3. The third-order valence-electron chi connectivity index (χ3n) is 2.56. The topological polar surface area (TPSA) is 9.23 Å². The van der Waals surface area contributed by atoms with Gasteiger partial charge >= 0.3 is 0 Å². The largest absolute Gasteiger partial charge is 0.496 e. The molecule has 0 amide bonds. The summed E-state index contributed by atoms with van der Waals surface area (Å²) in [5, 5.41) is 0.679. The van der Waals surface area contributed by atoms with Crippen LogP contribution in [-0.4, -0.2) is 7.11 Å². The van der Waals surface area contributed by atoms with Gasteiger partial charge in [-0.15, -0.1) is 0 Å². The third kappa shape index (κ3) is 2.82. The van der Waals surface area contributed by atoms with Crippen molar-refractivity contribution >= 4 is 27.5 Å². The molecule has 2 aromatic carbocycles. The van der Waals surface area contributed by atoms with Crippen molar-refractivity contribution < 1.29 is 4.74 Å². The van der Waals surface area contributed by atoms with Crippen LogP contribution in [0.2, 0.25) is 5.02 Å². The zero-order chi connectivity index (χ0) is 12.3. The lowest BCUT2D eigenvalue weighted by Crippen LogP contribution is -1.96. The fourth-order valence-corrected chi connectivity index (χ4v) is 2.54. The smallest absolute Gasteiger partial charge is 0.125 e. The maximum atomic E-state index is 5.95. The molecule has 0 saturated carbocycles. The summed E-state index contributed by atoms with van der Waals surface area (Å²) in [5.41, 5.74) is 2.26. The predicted molar refractivity (Wildman–Crippen MR) is 75.2 cm³/mol. The standard InChI is InChI=1S/C14H12BrClO/c1-17-13-9-11(16)7-8-12(13)14(15)10-5-3-2-4-6-10/h2-9,14H,1H3. The summed E-state index contributed by atoms with van der Waals surface area (Å²) in [6.45, 7) is 0. The number of benzene rings is 2. The summed E-state index contributed by atoms with van der Waals surface area (Å²) in [6.07, 6.45) is 0. The number of halogens is 2. The molecule has 17 heavy (non-hydrogen) atoms. The van der Waals surface area contributed by atoms with Crippen LogP contribution in [0.5, 0.6) is 5.75 Å². The summed E-state index contributed by atoms with van der Waals surface area (Å²) in [6, 6.07) is 15.9. The van der Waals surface area contributed by atoms with Crippen molar-refractivity contribution in [2.24, 2.45) is 0 Å². The Morgan fingerprint density at radius 3 is 2.47 bits per heavy atom. The first-order valence-corrected chi connectivity index (χ1v) is 6.54. The minimum absolute atomic E-state index is 0.107. The SMILES string of the molecule is COc1cc(Cl)ccc1C(Br)c1ccccc1. The fraction of sp³-hybridized carbons (Fsp3) is 0.143. The summed E-state index contributed by atoms with van der Waals surface area (Å²) >= 11 is 9.64. The molecule has 0 N–H and O–H groups in total. The average molecular weight is 312 g/mol. The maximum absolute atomic E-state index is 5.95. The van der Waals surface area contributed by atoms with Crippen LogP contribution in [0, 0.1) is 0 Å². The molecule has 0 bridgehead atoms. The van der Waals surface area contributed by atoms with E-state index in [1.54, 1.807) is 7.11 Å². The minimum Gasteiger partial charge on any atom is -0.496 e. The van der Waals surface area contributed by atoms with Crippen molar-refractivity contribution in [3.05, 3.63) is 64.7 Å². The Morgan fingerprint density at radius 1 is 1.12 bits per heavy atom. The molecule has 1 nitrogen and oxygen atoms in total. The molecular weight excluding hydrogens is 300 g/mol. The molecule has 0 spiro atoms. The van der Waals surface area contributed by atoms with Crippen molar-refractivity contribution in [3.8, 4) is 5.75 Å². The minimum atomic E-state index is 0.107. The molecule has 0 heterocycles. The maximum Gasteiger partial charge on any atom is 0.125 e. The van der Waals surface area contributed by atoms with Gasteiger partial charge in [-0.1, -0.05) is 63.9 Å². The Hall–Kier alpha value is -0.990. The van der Waals surface area contributed by atoms with E-state index < -0.39 is 0 Å². The number of hydrogen-bond acceptors (Lipinski definition) is 1. The van der Waals surface area contributed by atoms with Gasteiger partial charge in [0.25, 0.3) is 0 Å². The van der Waals surface area contributed by atoms with Gasteiger partial charge in [0.2, 0.25) is 0 Å². The van der Waals surface area contributed by atoms with Crippen LogP contribution in [0.4, 0.5) is 0 Å². The Bertz CT molecular complexity index is 499. The van der Waals surface area contributed by atoms with Crippen LogP contribution in [0.25, 0.3) is 0 Å². The van der Waals surface area contributed by atoms with Gasteiger partial charge in [-0.05, 0) is 17.7 Å². The van der Waals surface area contributed by atoms with E-state index in [0.29, 0.717) is 5.02 Å². The van der Waals surface area contributed by atoms with Crippen molar-refractivity contribution in [2.45, 2.75) is 4.83 Å². The molecule has 2 rings (SSSR count). The highest BCUT2D eigenvalue weighted by atomic mass is 79.9. The summed E-state index contributed by atoms with van der Waals surface area (Å²) < 4.78 is 5.35. The van der Waals surface area contributed by atoms with Crippen molar-refractivity contribution in [2.75, 3.05) is 7.11 Å². The van der Waals surface area contributed by atoms with Crippen LogP contribution in [0.1, 0.15) is 16.0 Å². The quantitative estimate of drug-likeness (QED) is 0.738. The number of hydrogen-bond donors (Lipinski definition) is 0. The highest BCUT2D eigenvalue weighted by Crippen LogP contribution is 2.37. The monoisotopic (exact) mass is 310 g/mol. The van der Waals surface area contributed by atoms with Crippen molar-refractivity contribution in [1.29, 1.82) is 0 Å². The summed E-state index contributed by atoms with van der Waals surface area (Å²) in [5.74, 6) is 0.795. The first kappa shape index (κ1) is 12.5. The molecule has 3 heteroatoms. The van der Waals surface area contributed by atoms with E-state index in [2.05, 4.69) is 28.1 Å². The molecule has 0 aliphatic carbocycles. The second kappa shape index (κ2) is 5.56. The lowest BCUT2D eigenvalue weighted by Gasteiger charge is -2.14. The van der Waals surface area contributed by atoms with Gasteiger partial charge in [0.15, 0.2) is 0 Å². The van der Waals surface area contributed by atoms with Gasteiger partial charge in [0, 0.05) is 10.6 Å². The fourth-order valence-electron chi connectivity index (χ4n) is 1.70. The molecule has 0 saturated heterocycles. The van der Waals surface area contributed by atoms with Crippen LogP contribution in [0.15, 0.2) is 48.5 Å². The Kier molecular flexibility index (Phi) is 4.08. The third-order valence-corrected chi connectivity index (χ3v) is 3.82. The van der Waals surface area contributed by atoms with Gasteiger partial charge in [-0.3, -0.25) is 0 Å². The molecule has 0 aliphatic rings. The normalized spacial score (nSPS) is 12.2. The molecule has 0 aliphatic heterocycles. The van der Waals surface area contributed by atoms with E-state index in [1.165, 1.54) is 5.56 Å². The molecule has 1 atom stereocenters. The summed E-state index contributed by atoms with van der Waals surface area (Å²) in [7, 11) is 1.65. The summed E-state index contributed by atoms with van der Waals surface area (Å²) in [4.78, 5) is 0.107. The number of alkyl halides is 1. The van der Waals surface area contributed by atoms with E-state index >= 15 is 0 Å². The predicted octanol–water partition coefficient (Wildman–Crippen LogP) is 4.83. The first-order chi connectivity index (χ1) is 8.22. The molecule has 1 unspecified atom stereocenters. The zero-order valence-electron chi connectivity index (χ0n) is 9.36. The lowest BCUT2D eigenvalue weighted by molar-refractivity contribution is 0.410. The van der Waals surface area contributed by atoms with E-state index in [4.69, 9.17) is 16.3 Å². The van der Waals surface area contributed by atoms with Gasteiger partial charge in [-0.25, -0.2) is 0 Å². The van der Waals surface area contributed by atoms with E-state index in [1.807, 2.05) is 36.4 Å².